The Bertz CT molecular complexity index is 986. The topological polar surface area (TPSA) is 55.4 Å². The second kappa shape index (κ2) is 7.53. The molecule has 1 unspecified atom stereocenters. The standard InChI is InChI=1S/C22H21NO3S/c1-14(16-10-9-15-5-2-3-6-17(15)11-16)23-21(24)13-26-22(25)20-12-18-7-4-8-19(18)27-20/h2-3,5-6,9-12,14H,4,7-8,13H2,1H3,(H,23,24). The first-order valence-corrected chi connectivity index (χ1v) is 9.98. The van der Waals surface area contributed by atoms with Crippen molar-refractivity contribution in [1.82, 2.24) is 5.32 Å². The molecule has 4 nitrogen and oxygen atoms in total. The van der Waals surface area contributed by atoms with Gasteiger partial charge in [0.1, 0.15) is 4.88 Å². The summed E-state index contributed by atoms with van der Waals surface area (Å²) in [6.07, 6.45) is 3.23. The van der Waals surface area contributed by atoms with E-state index in [1.807, 2.05) is 43.3 Å². The zero-order valence-electron chi connectivity index (χ0n) is 15.2. The normalized spacial score (nSPS) is 14.0. The largest absolute Gasteiger partial charge is 0.451 e. The number of amides is 1. The average molecular weight is 379 g/mol. The van der Waals surface area contributed by atoms with Crippen LogP contribution < -0.4 is 5.32 Å². The number of esters is 1. The van der Waals surface area contributed by atoms with E-state index in [1.54, 1.807) is 0 Å². The number of carbonyl (C=O) groups is 2. The van der Waals surface area contributed by atoms with Gasteiger partial charge in [0, 0.05) is 4.88 Å². The van der Waals surface area contributed by atoms with Gasteiger partial charge in [-0.2, -0.15) is 0 Å². The van der Waals surface area contributed by atoms with Crippen LogP contribution in [-0.4, -0.2) is 18.5 Å². The molecule has 1 aromatic heterocycles. The van der Waals surface area contributed by atoms with Crippen molar-refractivity contribution < 1.29 is 14.3 Å². The lowest BCUT2D eigenvalue weighted by molar-refractivity contribution is -0.124. The lowest BCUT2D eigenvalue weighted by Gasteiger charge is -2.15. The van der Waals surface area contributed by atoms with E-state index >= 15 is 0 Å². The molecule has 0 saturated carbocycles. The number of hydrogen-bond acceptors (Lipinski definition) is 4. The van der Waals surface area contributed by atoms with Crippen molar-refractivity contribution in [1.29, 1.82) is 0 Å². The summed E-state index contributed by atoms with van der Waals surface area (Å²) in [5, 5.41) is 5.19. The van der Waals surface area contributed by atoms with Gasteiger partial charge in [-0.1, -0.05) is 36.4 Å². The number of fused-ring (bicyclic) bond motifs is 2. The molecule has 2 aromatic carbocycles. The highest BCUT2D eigenvalue weighted by Crippen LogP contribution is 2.30. The summed E-state index contributed by atoms with van der Waals surface area (Å²) in [6.45, 7) is 1.66. The van der Waals surface area contributed by atoms with Crippen molar-refractivity contribution in [3.8, 4) is 0 Å². The Kier molecular flexibility index (Phi) is 4.94. The molecular formula is C22H21NO3S. The highest BCUT2D eigenvalue weighted by Gasteiger charge is 2.20. The van der Waals surface area contributed by atoms with Crippen molar-refractivity contribution in [2.24, 2.45) is 0 Å². The maximum Gasteiger partial charge on any atom is 0.348 e. The Morgan fingerprint density at radius 3 is 2.74 bits per heavy atom. The van der Waals surface area contributed by atoms with E-state index in [1.165, 1.54) is 21.8 Å². The third-order valence-corrected chi connectivity index (χ3v) is 6.15. The molecule has 0 radical (unpaired) electrons. The van der Waals surface area contributed by atoms with Gasteiger partial charge in [0.2, 0.25) is 0 Å². The van der Waals surface area contributed by atoms with Crippen LogP contribution in [0.2, 0.25) is 0 Å². The smallest absolute Gasteiger partial charge is 0.348 e. The van der Waals surface area contributed by atoms with Crippen LogP contribution in [-0.2, 0) is 22.4 Å². The number of aryl methyl sites for hydroxylation is 2. The number of thiophene rings is 1. The number of rotatable bonds is 5. The number of ether oxygens (including phenoxy) is 1. The van der Waals surface area contributed by atoms with Gasteiger partial charge in [-0.15, -0.1) is 11.3 Å². The first-order chi connectivity index (χ1) is 13.1. The molecule has 138 valence electrons. The van der Waals surface area contributed by atoms with Crippen LogP contribution in [0.4, 0.5) is 0 Å². The number of hydrogen-bond donors (Lipinski definition) is 1. The van der Waals surface area contributed by atoms with E-state index in [0.717, 1.165) is 35.6 Å². The molecule has 1 heterocycles. The SMILES string of the molecule is CC(NC(=O)COC(=O)c1cc2c(s1)CCC2)c1ccc2ccccc2c1. The fraction of sp³-hybridized carbons (Fsp3) is 0.273. The van der Waals surface area contributed by atoms with Crippen LogP contribution >= 0.6 is 11.3 Å². The van der Waals surface area contributed by atoms with Crippen molar-refractivity contribution in [2.45, 2.75) is 32.2 Å². The van der Waals surface area contributed by atoms with Crippen molar-refractivity contribution in [3.63, 3.8) is 0 Å². The van der Waals surface area contributed by atoms with Crippen LogP contribution in [0.3, 0.4) is 0 Å². The van der Waals surface area contributed by atoms with Crippen LogP contribution in [0, 0.1) is 0 Å². The second-order valence-electron chi connectivity index (χ2n) is 6.88. The van der Waals surface area contributed by atoms with Crippen LogP contribution in [0.15, 0.2) is 48.5 Å². The van der Waals surface area contributed by atoms with E-state index in [9.17, 15) is 9.59 Å². The summed E-state index contributed by atoms with van der Waals surface area (Å²) < 4.78 is 5.19. The molecule has 5 heteroatoms. The fourth-order valence-electron chi connectivity index (χ4n) is 3.48. The van der Waals surface area contributed by atoms with Gasteiger partial charge in [0.25, 0.3) is 5.91 Å². The third kappa shape index (κ3) is 3.88. The Hall–Kier alpha value is -2.66. The van der Waals surface area contributed by atoms with Crippen molar-refractivity contribution >= 4 is 34.0 Å². The third-order valence-electron chi connectivity index (χ3n) is 4.93. The summed E-state index contributed by atoms with van der Waals surface area (Å²) in [5.41, 5.74) is 2.27. The first kappa shape index (κ1) is 17.7. The lowest BCUT2D eigenvalue weighted by atomic mass is 10.0. The fourth-order valence-corrected chi connectivity index (χ4v) is 4.62. The summed E-state index contributed by atoms with van der Waals surface area (Å²) in [7, 11) is 0. The summed E-state index contributed by atoms with van der Waals surface area (Å²) in [6, 6.07) is 16.0. The Morgan fingerprint density at radius 1 is 1.11 bits per heavy atom. The molecule has 3 aromatic rings. The zero-order valence-corrected chi connectivity index (χ0v) is 16.0. The Balaban J connectivity index is 1.33. The van der Waals surface area contributed by atoms with Crippen LogP contribution in [0.1, 0.15) is 45.1 Å². The molecule has 1 atom stereocenters. The molecule has 1 N–H and O–H groups in total. The summed E-state index contributed by atoms with van der Waals surface area (Å²) >= 11 is 1.49. The van der Waals surface area contributed by atoms with Gasteiger partial charge in [0.15, 0.2) is 6.61 Å². The quantitative estimate of drug-likeness (QED) is 0.668. The zero-order chi connectivity index (χ0) is 18.8. The number of carbonyl (C=O) groups excluding carboxylic acids is 2. The number of nitrogens with one attached hydrogen (secondary N) is 1. The highest BCUT2D eigenvalue weighted by molar-refractivity contribution is 7.14. The molecule has 0 aliphatic heterocycles. The Labute approximate surface area is 162 Å². The van der Waals surface area contributed by atoms with Crippen LogP contribution in [0.25, 0.3) is 10.8 Å². The Morgan fingerprint density at radius 2 is 1.93 bits per heavy atom. The van der Waals surface area contributed by atoms with E-state index in [-0.39, 0.29) is 18.6 Å². The predicted octanol–water partition coefficient (Wildman–Crippen LogP) is 4.42. The van der Waals surface area contributed by atoms with Crippen molar-refractivity contribution in [2.75, 3.05) is 6.61 Å². The highest BCUT2D eigenvalue weighted by atomic mass is 32.1. The van der Waals surface area contributed by atoms with Crippen molar-refractivity contribution in [3.05, 3.63) is 69.4 Å². The molecule has 1 aliphatic carbocycles. The van der Waals surface area contributed by atoms with Gasteiger partial charge < -0.3 is 10.1 Å². The van der Waals surface area contributed by atoms with E-state index in [0.29, 0.717) is 4.88 Å². The first-order valence-electron chi connectivity index (χ1n) is 9.17. The summed E-state index contributed by atoms with van der Waals surface area (Å²) in [4.78, 5) is 26.2. The molecular weight excluding hydrogens is 358 g/mol. The predicted molar refractivity (Wildman–Crippen MR) is 107 cm³/mol. The molecule has 27 heavy (non-hydrogen) atoms. The number of benzene rings is 2. The molecule has 4 rings (SSSR count). The molecule has 1 aliphatic rings. The lowest BCUT2D eigenvalue weighted by Crippen LogP contribution is -2.31. The van der Waals surface area contributed by atoms with Crippen LogP contribution in [0.5, 0.6) is 0 Å². The molecule has 0 spiro atoms. The van der Waals surface area contributed by atoms with Gasteiger partial charge in [-0.3, -0.25) is 4.79 Å². The second-order valence-corrected chi connectivity index (χ2v) is 8.02. The molecule has 0 bridgehead atoms. The molecule has 0 fully saturated rings. The maximum absolute atomic E-state index is 12.2. The van der Waals surface area contributed by atoms with Gasteiger partial charge >= 0.3 is 5.97 Å². The molecule has 0 saturated heterocycles. The monoisotopic (exact) mass is 379 g/mol. The van der Waals surface area contributed by atoms with E-state index in [2.05, 4.69) is 17.4 Å². The maximum atomic E-state index is 12.2. The van der Waals surface area contributed by atoms with E-state index < -0.39 is 5.97 Å². The van der Waals surface area contributed by atoms with E-state index in [4.69, 9.17) is 4.74 Å². The average Bonchev–Trinajstić information content (AvgIpc) is 3.28. The minimum absolute atomic E-state index is 0.161. The van der Waals surface area contributed by atoms with Gasteiger partial charge in [0.05, 0.1) is 6.04 Å². The van der Waals surface area contributed by atoms with Gasteiger partial charge in [-0.25, -0.2) is 4.79 Å². The molecule has 1 amide bonds. The minimum Gasteiger partial charge on any atom is -0.451 e. The van der Waals surface area contributed by atoms with Gasteiger partial charge in [-0.05, 0) is 60.2 Å². The minimum atomic E-state index is -0.414. The summed E-state index contributed by atoms with van der Waals surface area (Å²) in [5.74, 6) is -0.712.